The lowest BCUT2D eigenvalue weighted by Gasteiger charge is -2.09. The summed E-state index contributed by atoms with van der Waals surface area (Å²) >= 11 is 0. The summed E-state index contributed by atoms with van der Waals surface area (Å²) in [5.41, 5.74) is 1.11. The van der Waals surface area contributed by atoms with Crippen LogP contribution in [0.5, 0.6) is 0 Å². The minimum absolute atomic E-state index is 0.105. The molecular weight excluding hydrogens is 314 g/mol. The molecule has 0 aliphatic heterocycles. The van der Waals surface area contributed by atoms with Crippen LogP contribution in [0.25, 0.3) is 0 Å². The normalized spacial score (nSPS) is 21.3. The molecule has 2 atom stereocenters. The van der Waals surface area contributed by atoms with Crippen molar-refractivity contribution in [3.63, 3.8) is 0 Å². The van der Waals surface area contributed by atoms with E-state index in [0.29, 0.717) is 5.56 Å². The molecule has 0 amide bonds. The van der Waals surface area contributed by atoms with Gasteiger partial charge in [0.25, 0.3) is 0 Å². The maximum absolute atomic E-state index is 14.0. The average Bonchev–Trinajstić information content (AvgIpc) is 2.98. The number of esters is 1. The Balaban J connectivity index is 2.04. The summed E-state index contributed by atoms with van der Waals surface area (Å²) in [6, 6.07) is 2.39. The zero-order valence-electron chi connectivity index (χ0n) is 14.8. The number of hydrogen-bond acceptors (Lipinski definition) is 3. The van der Waals surface area contributed by atoms with E-state index in [0.717, 1.165) is 5.57 Å². The summed E-state index contributed by atoms with van der Waals surface area (Å²) in [6.45, 7) is 7.64. The standard InChI is InChI=1S/C19H24F2O3/c1-11(2)6-14-17(19(14,3)4)18(22)24-10-13-15(20)7-12(9-23-5)8-16(13)21/h6-8,14,17H,9-10H2,1-5H3. The van der Waals surface area contributed by atoms with E-state index in [2.05, 4.69) is 0 Å². The van der Waals surface area contributed by atoms with Crippen LogP contribution in [-0.2, 0) is 27.5 Å². The number of rotatable bonds is 6. The van der Waals surface area contributed by atoms with Crippen LogP contribution in [0.2, 0.25) is 0 Å². The zero-order chi connectivity index (χ0) is 18.1. The van der Waals surface area contributed by atoms with Gasteiger partial charge in [0.05, 0.1) is 18.1 Å². The Morgan fingerprint density at radius 3 is 2.29 bits per heavy atom. The number of halogens is 2. The van der Waals surface area contributed by atoms with Crippen molar-refractivity contribution >= 4 is 5.97 Å². The van der Waals surface area contributed by atoms with Crippen LogP contribution in [-0.4, -0.2) is 13.1 Å². The summed E-state index contributed by atoms with van der Waals surface area (Å²) in [5, 5.41) is 0. The molecule has 0 N–H and O–H groups in total. The molecule has 2 unspecified atom stereocenters. The number of hydrogen-bond donors (Lipinski definition) is 0. The topological polar surface area (TPSA) is 35.5 Å². The number of allylic oxidation sites excluding steroid dienone is 2. The van der Waals surface area contributed by atoms with Gasteiger partial charge in [0.1, 0.15) is 18.2 Å². The minimum Gasteiger partial charge on any atom is -0.460 e. The molecule has 0 saturated heterocycles. The van der Waals surface area contributed by atoms with E-state index in [4.69, 9.17) is 9.47 Å². The van der Waals surface area contributed by atoms with Crippen LogP contribution < -0.4 is 0 Å². The maximum atomic E-state index is 14.0. The van der Waals surface area contributed by atoms with Crippen LogP contribution in [0, 0.1) is 28.9 Å². The van der Waals surface area contributed by atoms with Gasteiger partial charge in [0.2, 0.25) is 0 Å². The third kappa shape index (κ3) is 3.83. The fourth-order valence-corrected chi connectivity index (χ4v) is 3.07. The van der Waals surface area contributed by atoms with Crippen molar-refractivity contribution in [3.05, 3.63) is 46.5 Å². The Labute approximate surface area is 141 Å². The molecule has 1 aliphatic rings. The number of ether oxygens (including phenoxy) is 2. The molecule has 2 rings (SSSR count). The van der Waals surface area contributed by atoms with Gasteiger partial charge in [-0.15, -0.1) is 0 Å². The van der Waals surface area contributed by atoms with Crippen LogP contribution in [0.3, 0.4) is 0 Å². The van der Waals surface area contributed by atoms with Gasteiger partial charge in [-0.25, -0.2) is 8.78 Å². The molecule has 0 spiro atoms. The lowest BCUT2D eigenvalue weighted by molar-refractivity contribution is -0.147. The first-order valence-electron chi connectivity index (χ1n) is 7.95. The molecule has 1 aliphatic carbocycles. The van der Waals surface area contributed by atoms with Crippen LogP contribution in [0.4, 0.5) is 8.78 Å². The van der Waals surface area contributed by atoms with Gasteiger partial charge in [0, 0.05) is 7.11 Å². The first-order valence-corrected chi connectivity index (χ1v) is 7.95. The molecule has 3 nitrogen and oxygen atoms in total. The first-order chi connectivity index (χ1) is 11.2. The molecule has 5 heteroatoms. The highest BCUT2D eigenvalue weighted by Crippen LogP contribution is 2.59. The van der Waals surface area contributed by atoms with E-state index in [1.165, 1.54) is 19.2 Å². The fraction of sp³-hybridized carbons (Fsp3) is 0.526. The van der Waals surface area contributed by atoms with Gasteiger partial charge in [-0.2, -0.15) is 0 Å². The summed E-state index contributed by atoms with van der Waals surface area (Å²) in [5.74, 6) is -2.04. The highest BCUT2D eigenvalue weighted by Gasteiger charge is 2.61. The summed E-state index contributed by atoms with van der Waals surface area (Å²) in [6.07, 6.45) is 2.05. The molecular formula is C19H24F2O3. The number of carbonyl (C=O) groups excluding carboxylic acids is 1. The van der Waals surface area contributed by atoms with Crippen LogP contribution in [0.15, 0.2) is 23.8 Å². The van der Waals surface area contributed by atoms with E-state index in [1.807, 2.05) is 33.8 Å². The van der Waals surface area contributed by atoms with Crippen molar-refractivity contribution in [1.82, 2.24) is 0 Å². The second-order valence-corrected chi connectivity index (χ2v) is 7.15. The monoisotopic (exact) mass is 338 g/mol. The summed E-state index contributed by atoms with van der Waals surface area (Å²) in [4.78, 5) is 12.3. The largest absolute Gasteiger partial charge is 0.460 e. The average molecular weight is 338 g/mol. The lowest BCUT2D eigenvalue weighted by Crippen LogP contribution is -2.12. The predicted molar refractivity (Wildman–Crippen MR) is 87.1 cm³/mol. The van der Waals surface area contributed by atoms with Gasteiger partial charge in [-0.05, 0) is 42.9 Å². The maximum Gasteiger partial charge on any atom is 0.310 e. The second-order valence-electron chi connectivity index (χ2n) is 7.15. The van der Waals surface area contributed by atoms with Crippen molar-refractivity contribution in [2.75, 3.05) is 7.11 Å². The fourth-order valence-electron chi connectivity index (χ4n) is 3.07. The number of benzene rings is 1. The molecule has 0 bridgehead atoms. The Morgan fingerprint density at radius 2 is 1.79 bits per heavy atom. The molecule has 1 aromatic carbocycles. The van der Waals surface area contributed by atoms with Crippen LogP contribution >= 0.6 is 0 Å². The molecule has 0 radical (unpaired) electrons. The third-order valence-electron chi connectivity index (χ3n) is 4.55. The third-order valence-corrected chi connectivity index (χ3v) is 4.55. The number of methoxy groups -OCH3 is 1. The van der Waals surface area contributed by atoms with Gasteiger partial charge in [-0.3, -0.25) is 4.79 Å². The Morgan fingerprint density at radius 1 is 1.21 bits per heavy atom. The van der Waals surface area contributed by atoms with Gasteiger partial charge in [-0.1, -0.05) is 25.5 Å². The molecule has 1 fully saturated rings. The molecule has 0 heterocycles. The summed E-state index contributed by atoms with van der Waals surface area (Å²) in [7, 11) is 1.45. The molecule has 1 saturated carbocycles. The van der Waals surface area contributed by atoms with Crippen molar-refractivity contribution in [2.24, 2.45) is 17.3 Å². The molecule has 24 heavy (non-hydrogen) atoms. The molecule has 132 valence electrons. The number of carbonyl (C=O) groups is 1. The highest BCUT2D eigenvalue weighted by molar-refractivity contribution is 5.78. The van der Waals surface area contributed by atoms with Crippen LogP contribution in [0.1, 0.15) is 38.8 Å². The molecule has 0 aromatic heterocycles. The van der Waals surface area contributed by atoms with Crippen molar-refractivity contribution in [2.45, 2.75) is 40.9 Å². The van der Waals surface area contributed by atoms with Crippen molar-refractivity contribution < 1.29 is 23.0 Å². The Bertz CT molecular complexity index is 638. The predicted octanol–water partition coefficient (Wildman–Crippen LogP) is 4.39. The van der Waals surface area contributed by atoms with Gasteiger partial charge in [0.15, 0.2) is 0 Å². The quantitative estimate of drug-likeness (QED) is 0.570. The Hall–Kier alpha value is -1.75. The van der Waals surface area contributed by atoms with E-state index >= 15 is 0 Å². The molecule has 1 aromatic rings. The van der Waals surface area contributed by atoms with Gasteiger partial charge < -0.3 is 9.47 Å². The first kappa shape index (κ1) is 18.6. The van der Waals surface area contributed by atoms with E-state index in [1.54, 1.807) is 0 Å². The highest BCUT2D eigenvalue weighted by atomic mass is 19.1. The van der Waals surface area contributed by atoms with Crippen molar-refractivity contribution in [1.29, 1.82) is 0 Å². The second kappa shape index (κ2) is 7.01. The van der Waals surface area contributed by atoms with E-state index < -0.39 is 24.2 Å². The van der Waals surface area contributed by atoms with Crippen molar-refractivity contribution in [3.8, 4) is 0 Å². The van der Waals surface area contributed by atoms with Gasteiger partial charge >= 0.3 is 5.97 Å². The smallest absolute Gasteiger partial charge is 0.310 e. The SMILES string of the molecule is COCc1cc(F)c(COC(=O)C2C(C=C(C)C)C2(C)C)c(F)c1. The minimum atomic E-state index is -0.731. The summed E-state index contributed by atoms with van der Waals surface area (Å²) < 4.78 is 38.1. The van der Waals surface area contributed by atoms with E-state index in [-0.39, 0.29) is 29.4 Å². The lowest BCUT2D eigenvalue weighted by atomic mass is 10.1. The van der Waals surface area contributed by atoms with E-state index in [9.17, 15) is 13.6 Å². The Kier molecular flexibility index (Phi) is 5.43. The zero-order valence-corrected chi connectivity index (χ0v) is 14.8.